The third-order valence-corrected chi connectivity index (χ3v) is 5.21. The first-order valence-electron chi connectivity index (χ1n) is 9.29. The van der Waals surface area contributed by atoms with Gasteiger partial charge in [0.05, 0.1) is 18.4 Å². The van der Waals surface area contributed by atoms with Gasteiger partial charge in [0.1, 0.15) is 10.9 Å². The number of hydrogen-bond acceptors (Lipinski definition) is 6. The summed E-state index contributed by atoms with van der Waals surface area (Å²) in [6.07, 6.45) is 1.57. The summed E-state index contributed by atoms with van der Waals surface area (Å²) >= 11 is 6.05. The Balaban J connectivity index is 1.43. The highest BCUT2D eigenvalue weighted by Gasteiger charge is 2.24. The fraction of sp³-hybridized carbons (Fsp3) is 0.238. The molecule has 1 fully saturated rings. The van der Waals surface area contributed by atoms with E-state index in [2.05, 4.69) is 20.1 Å². The fourth-order valence-electron chi connectivity index (χ4n) is 3.35. The van der Waals surface area contributed by atoms with Crippen LogP contribution in [0, 0.1) is 0 Å². The van der Waals surface area contributed by atoms with E-state index in [9.17, 15) is 4.79 Å². The van der Waals surface area contributed by atoms with E-state index in [4.69, 9.17) is 16.3 Å². The van der Waals surface area contributed by atoms with Gasteiger partial charge in [0.2, 0.25) is 0 Å². The van der Waals surface area contributed by atoms with Crippen LogP contribution in [-0.4, -0.2) is 59.3 Å². The Labute approximate surface area is 173 Å². The van der Waals surface area contributed by atoms with Crippen molar-refractivity contribution >= 4 is 23.3 Å². The third-order valence-electron chi connectivity index (χ3n) is 4.91. The quantitative estimate of drug-likeness (QED) is 0.616. The molecule has 0 atom stereocenters. The number of para-hydroxylation sites is 1. The zero-order chi connectivity index (χ0) is 20.2. The van der Waals surface area contributed by atoms with Crippen LogP contribution in [-0.2, 0) is 0 Å². The number of halogens is 1. The molecule has 29 heavy (non-hydrogen) atoms. The number of benzene rings is 1. The molecule has 8 heteroatoms. The summed E-state index contributed by atoms with van der Waals surface area (Å²) in [4.78, 5) is 20.6. The predicted octanol–water partition coefficient (Wildman–Crippen LogP) is 3.16. The van der Waals surface area contributed by atoms with Crippen LogP contribution < -0.4 is 9.64 Å². The smallest absolute Gasteiger partial charge is 0.257 e. The lowest BCUT2D eigenvalue weighted by atomic mass is 10.1. The van der Waals surface area contributed by atoms with Crippen molar-refractivity contribution in [1.82, 2.24) is 20.1 Å². The molecule has 0 radical (unpaired) electrons. The normalized spacial score (nSPS) is 14.0. The molecule has 1 saturated heterocycles. The van der Waals surface area contributed by atoms with E-state index in [1.165, 1.54) is 0 Å². The van der Waals surface area contributed by atoms with Crippen molar-refractivity contribution in [3.05, 3.63) is 65.4 Å². The molecule has 4 rings (SSSR count). The van der Waals surface area contributed by atoms with Crippen LogP contribution in [0.1, 0.15) is 10.4 Å². The SMILES string of the molecule is COc1ccccc1-c1ccc(N2CCN(C(=O)c3cccnc3Cl)CC2)nn1. The molecule has 3 aromatic rings. The second kappa shape index (κ2) is 8.45. The highest BCUT2D eigenvalue weighted by molar-refractivity contribution is 6.32. The van der Waals surface area contributed by atoms with Gasteiger partial charge in [-0.15, -0.1) is 10.2 Å². The first kappa shape index (κ1) is 19.1. The number of carbonyl (C=O) groups is 1. The maximum absolute atomic E-state index is 12.7. The lowest BCUT2D eigenvalue weighted by molar-refractivity contribution is 0.0746. The van der Waals surface area contributed by atoms with Crippen molar-refractivity contribution in [2.75, 3.05) is 38.2 Å². The van der Waals surface area contributed by atoms with E-state index in [-0.39, 0.29) is 11.1 Å². The lowest BCUT2D eigenvalue weighted by Crippen LogP contribution is -2.49. The summed E-state index contributed by atoms with van der Waals surface area (Å²) in [5.74, 6) is 1.45. The zero-order valence-electron chi connectivity index (χ0n) is 16.0. The molecule has 1 aliphatic rings. The topological polar surface area (TPSA) is 71.5 Å². The van der Waals surface area contributed by atoms with Crippen molar-refractivity contribution in [3.8, 4) is 17.0 Å². The highest BCUT2D eigenvalue weighted by Crippen LogP contribution is 2.28. The minimum absolute atomic E-state index is 0.0969. The molecule has 0 bridgehead atoms. The van der Waals surface area contributed by atoms with Crippen molar-refractivity contribution in [3.63, 3.8) is 0 Å². The van der Waals surface area contributed by atoms with Gasteiger partial charge in [-0.05, 0) is 36.4 Å². The number of piperazine rings is 1. The number of hydrogen-bond donors (Lipinski definition) is 0. The average molecular weight is 410 g/mol. The van der Waals surface area contributed by atoms with Crippen LogP contribution in [0.15, 0.2) is 54.7 Å². The first-order chi connectivity index (χ1) is 14.2. The number of nitrogens with zero attached hydrogens (tertiary/aromatic N) is 5. The van der Waals surface area contributed by atoms with Crippen LogP contribution in [0.25, 0.3) is 11.3 Å². The summed E-state index contributed by atoms with van der Waals surface area (Å²) in [6, 6.07) is 15.0. The van der Waals surface area contributed by atoms with Gasteiger partial charge < -0.3 is 14.5 Å². The molecular formula is C21H20ClN5O2. The molecule has 0 saturated carbocycles. The monoisotopic (exact) mass is 409 g/mol. The van der Waals surface area contributed by atoms with Crippen molar-refractivity contribution < 1.29 is 9.53 Å². The molecule has 1 aromatic carbocycles. The van der Waals surface area contributed by atoms with Crippen LogP contribution in [0.4, 0.5) is 5.82 Å². The molecule has 0 unspecified atom stereocenters. The first-order valence-corrected chi connectivity index (χ1v) is 9.67. The van der Waals surface area contributed by atoms with E-state index < -0.39 is 0 Å². The molecule has 0 spiro atoms. The molecule has 148 valence electrons. The number of anilines is 1. The molecule has 1 amide bonds. The number of rotatable bonds is 4. The summed E-state index contributed by atoms with van der Waals surface area (Å²) in [6.45, 7) is 2.51. The average Bonchev–Trinajstić information content (AvgIpc) is 2.79. The second-order valence-electron chi connectivity index (χ2n) is 6.60. The number of amides is 1. The van der Waals surface area contributed by atoms with E-state index in [1.807, 2.05) is 36.4 Å². The molecule has 3 heterocycles. The molecule has 1 aliphatic heterocycles. The predicted molar refractivity (Wildman–Crippen MR) is 111 cm³/mol. The minimum Gasteiger partial charge on any atom is -0.496 e. The molecule has 0 aliphatic carbocycles. The van der Waals surface area contributed by atoms with E-state index in [0.717, 1.165) is 22.8 Å². The van der Waals surface area contributed by atoms with Crippen LogP contribution in [0.2, 0.25) is 5.15 Å². The Hall–Kier alpha value is -3.19. The van der Waals surface area contributed by atoms with E-state index in [1.54, 1.807) is 30.3 Å². The summed E-state index contributed by atoms with van der Waals surface area (Å²) < 4.78 is 5.40. The fourth-order valence-corrected chi connectivity index (χ4v) is 3.55. The van der Waals surface area contributed by atoms with Gasteiger partial charge in [0, 0.05) is 37.9 Å². The number of carbonyl (C=O) groups excluding carboxylic acids is 1. The zero-order valence-corrected chi connectivity index (χ0v) is 16.7. The van der Waals surface area contributed by atoms with E-state index >= 15 is 0 Å². The third kappa shape index (κ3) is 4.00. The van der Waals surface area contributed by atoms with Gasteiger partial charge >= 0.3 is 0 Å². The minimum atomic E-state index is -0.0969. The maximum Gasteiger partial charge on any atom is 0.257 e. The van der Waals surface area contributed by atoms with Gasteiger partial charge in [0.15, 0.2) is 5.82 Å². The Morgan fingerprint density at radius 2 is 1.79 bits per heavy atom. The molecular weight excluding hydrogens is 390 g/mol. The van der Waals surface area contributed by atoms with Crippen LogP contribution >= 0.6 is 11.6 Å². The Bertz CT molecular complexity index is 1000. The van der Waals surface area contributed by atoms with Crippen molar-refractivity contribution in [2.45, 2.75) is 0 Å². The molecule has 2 aromatic heterocycles. The summed E-state index contributed by atoms with van der Waals surface area (Å²) in [5.41, 5.74) is 2.09. The standard InChI is InChI=1S/C21H20ClN5O2/c1-29-18-7-3-2-5-15(18)17-8-9-19(25-24-17)26-11-13-27(14-12-26)21(28)16-6-4-10-23-20(16)22/h2-10H,11-14H2,1H3. The Morgan fingerprint density at radius 3 is 2.48 bits per heavy atom. The number of methoxy groups -OCH3 is 1. The molecule has 0 N–H and O–H groups in total. The van der Waals surface area contributed by atoms with Gasteiger partial charge in [-0.25, -0.2) is 4.98 Å². The lowest BCUT2D eigenvalue weighted by Gasteiger charge is -2.35. The van der Waals surface area contributed by atoms with Gasteiger partial charge in [0.25, 0.3) is 5.91 Å². The van der Waals surface area contributed by atoms with Crippen molar-refractivity contribution in [2.24, 2.45) is 0 Å². The number of aromatic nitrogens is 3. The van der Waals surface area contributed by atoms with Gasteiger partial charge in [-0.2, -0.15) is 0 Å². The molecule has 7 nitrogen and oxygen atoms in total. The summed E-state index contributed by atoms with van der Waals surface area (Å²) in [7, 11) is 1.64. The van der Waals surface area contributed by atoms with Gasteiger partial charge in [-0.3, -0.25) is 4.79 Å². The summed E-state index contributed by atoms with van der Waals surface area (Å²) in [5, 5.41) is 8.98. The Morgan fingerprint density at radius 1 is 1.00 bits per heavy atom. The second-order valence-corrected chi connectivity index (χ2v) is 6.96. The number of ether oxygens (including phenoxy) is 1. The number of pyridine rings is 1. The Kier molecular flexibility index (Phi) is 5.57. The largest absolute Gasteiger partial charge is 0.496 e. The maximum atomic E-state index is 12.7. The van der Waals surface area contributed by atoms with E-state index in [0.29, 0.717) is 31.7 Å². The highest BCUT2D eigenvalue weighted by atomic mass is 35.5. The van der Waals surface area contributed by atoms with Crippen LogP contribution in [0.3, 0.4) is 0 Å². The van der Waals surface area contributed by atoms with Crippen molar-refractivity contribution in [1.29, 1.82) is 0 Å². The van der Waals surface area contributed by atoms with Crippen LogP contribution in [0.5, 0.6) is 5.75 Å². The van der Waals surface area contributed by atoms with Gasteiger partial charge in [-0.1, -0.05) is 23.7 Å².